The van der Waals surface area contributed by atoms with Crippen LogP contribution in [0.2, 0.25) is 0 Å². The normalized spacial score (nSPS) is 11.1. The fraction of sp³-hybridized carbons (Fsp3) is 0.333. The molecule has 0 bridgehead atoms. The molecule has 2 heterocycles. The van der Waals surface area contributed by atoms with Gasteiger partial charge in [0.05, 0.1) is 0 Å². The standard InChI is InChI=1S/C12H15NO3SSe/c1-13-10(18-7-16)4-9(6-15)11(13)12-8(5-14)2-3-17-12/h2-4,14-16H,5-7H2,1H3. The van der Waals surface area contributed by atoms with E-state index in [1.807, 2.05) is 29.1 Å². The molecule has 3 N–H and O–H groups in total. The summed E-state index contributed by atoms with van der Waals surface area (Å²) in [6.45, 7) is -0.0389. The Labute approximate surface area is 116 Å². The van der Waals surface area contributed by atoms with Crippen LogP contribution in [0.5, 0.6) is 0 Å². The second-order valence-electron chi connectivity index (χ2n) is 3.78. The first-order valence-corrected chi connectivity index (χ1v) is 8.38. The zero-order valence-electron chi connectivity index (χ0n) is 9.96. The molecule has 98 valence electrons. The number of aliphatic hydroxyl groups is 3. The van der Waals surface area contributed by atoms with Crippen LogP contribution in [0.3, 0.4) is 0 Å². The van der Waals surface area contributed by atoms with Crippen LogP contribution in [-0.4, -0.2) is 40.3 Å². The van der Waals surface area contributed by atoms with Crippen molar-refractivity contribution in [3.63, 3.8) is 0 Å². The van der Waals surface area contributed by atoms with E-state index in [1.54, 1.807) is 11.3 Å². The summed E-state index contributed by atoms with van der Waals surface area (Å²) in [7, 11) is 1.93. The Morgan fingerprint density at radius 2 is 1.94 bits per heavy atom. The summed E-state index contributed by atoms with van der Waals surface area (Å²) < 4.78 is 3.05. The minimum absolute atomic E-state index is 0.00461. The Morgan fingerprint density at radius 3 is 2.56 bits per heavy atom. The average Bonchev–Trinajstić information content (AvgIpc) is 2.94. The summed E-state index contributed by atoms with van der Waals surface area (Å²) in [5.74, 6) is 0. The summed E-state index contributed by atoms with van der Waals surface area (Å²) in [6, 6.07) is 3.83. The molecule has 0 saturated heterocycles. The Hall–Kier alpha value is -0.621. The van der Waals surface area contributed by atoms with Crippen molar-refractivity contribution in [2.24, 2.45) is 7.05 Å². The van der Waals surface area contributed by atoms with Crippen LogP contribution < -0.4 is 4.59 Å². The van der Waals surface area contributed by atoms with Gasteiger partial charge in [-0.25, -0.2) is 0 Å². The molecule has 0 aliphatic heterocycles. The number of nitrogens with zero attached hydrogens (tertiary/aromatic N) is 1. The van der Waals surface area contributed by atoms with E-state index in [1.165, 1.54) is 0 Å². The fourth-order valence-electron chi connectivity index (χ4n) is 1.93. The van der Waals surface area contributed by atoms with E-state index < -0.39 is 0 Å². The molecule has 6 heteroatoms. The summed E-state index contributed by atoms with van der Waals surface area (Å²) in [5.41, 5.74) is 2.81. The molecule has 0 aliphatic rings. The third kappa shape index (κ3) is 2.40. The molecule has 0 saturated carbocycles. The Balaban J connectivity index is 2.55. The van der Waals surface area contributed by atoms with E-state index in [0.29, 0.717) is 0 Å². The number of hydrogen-bond acceptors (Lipinski definition) is 4. The Kier molecular flexibility index (Phi) is 4.61. The zero-order valence-corrected chi connectivity index (χ0v) is 12.5. The van der Waals surface area contributed by atoms with Gasteiger partial charge in [0.15, 0.2) is 0 Å². The van der Waals surface area contributed by atoms with E-state index in [-0.39, 0.29) is 33.7 Å². The molecular formula is C12H15NO3SSe. The molecule has 2 aromatic rings. The molecule has 0 aliphatic carbocycles. The molecule has 0 amide bonds. The minimum atomic E-state index is -0.0343. The monoisotopic (exact) mass is 333 g/mol. The van der Waals surface area contributed by atoms with Crippen molar-refractivity contribution < 1.29 is 15.3 Å². The molecule has 4 nitrogen and oxygen atoms in total. The van der Waals surface area contributed by atoms with Gasteiger partial charge in [0.1, 0.15) is 0 Å². The zero-order chi connectivity index (χ0) is 13.1. The van der Waals surface area contributed by atoms with Crippen molar-refractivity contribution in [3.8, 4) is 10.6 Å². The van der Waals surface area contributed by atoms with Crippen LogP contribution in [0.1, 0.15) is 11.1 Å². The maximum absolute atomic E-state index is 9.46. The fourth-order valence-corrected chi connectivity index (χ4v) is 4.31. The number of hydrogen-bond donors (Lipinski definition) is 3. The predicted octanol–water partition coefficient (Wildman–Crippen LogP) is 0.0175. The SMILES string of the molecule is Cn1c([Se]CO)cc(CO)c1-c1sccc1CO. The van der Waals surface area contributed by atoms with Gasteiger partial charge in [0, 0.05) is 0 Å². The van der Waals surface area contributed by atoms with Crippen molar-refractivity contribution in [1.29, 1.82) is 0 Å². The van der Waals surface area contributed by atoms with Gasteiger partial charge in [0.2, 0.25) is 0 Å². The number of rotatable bonds is 5. The average molecular weight is 332 g/mol. The quantitative estimate of drug-likeness (QED) is 0.676. The van der Waals surface area contributed by atoms with Crippen molar-refractivity contribution in [1.82, 2.24) is 4.57 Å². The van der Waals surface area contributed by atoms with E-state index >= 15 is 0 Å². The summed E-state index contributed by atoms with van der Waals surface area (Å²) in [4.78, 5) is 0.990. The molecule has 2 aromatic heterocycles. The molecule has 0 spiro atoms. The van der Waals surface area contributed by atoms with Crippen LogP contribution in [0.15, 0.2) is 17.5 Å². The second kappa shape index (κ2) is 6.01. The summed E-state index contributed by atoms with van der Waals surface area (Å²) >= 11 is 1.55. The molecular weight excluding hydrogens is 317 g/mol. The van der Waals surface area contributed by atoms with Crippen molar-refractivity contribution in [2.45, 2.75) is 13.2 Å². The number of aliphatic hydroxyl groups excluding tert-OH is 3. The van der Waals surface area contributed by atoms with E-state index in [4.69, 9.17) is 5.11 Å². The van der Waals surface area contributed by atoms with Crippen molar-refractivity contribution in [2.75, 3.05) is 5.51 Å². The van der Waals surface area contributed by atoms with Crippen molar-refractivity contribution in [3.05, 3.63) is 28.6 Å². The topological polar surface area (TPSA) is 65.6 Å². The van der Waals surface area contributed by atoms with Gasteiger partial charge < -0.3 is 0 Å². The van der Waals surface area contributed by atoms with Crippen LogP contribution in [0.4, 0.5) is 0 Å². The van der Waals surface area contributed by atoms with Gasteiger partial charge in [0.25, 0.3) is 0 Å². The third-order valence-corrected chi connectivity index (χ3v) is 5.46. The first kappa shape index (κ1) is 13.8. The van der Waals surface area contributed by atoms with Gasteiger partial charge in [-0.2, -0.15) is 0 Å². The molecule has 0 fully saturated rings. The molecule has 0 aromatic carbocycles. The van der Waals surface area contributed by atoms with Crippen LogP contribution in [0.25, 0.3) is 10.6 Å². The van der Waals surface area contributed by atoms with Gasteiger partial charge in [-0.1, -0.05) is 0 Å². The first-order chi connectivity index (χ1) is 8.72. The Bertz CT molecular complexity index is 535. The van der Waals surface area contributed by atoms with E-state index in [9.17, 15) is 10.2 Å². The van der Waals surface area contributed by atoms with Gasteiger partial charge in [-0.3, -0.25) is 0 Å². The second-order valence-corrected chi connectivity index (χ2v) is 6.72. The summed E-state index contributed by atoms with van der Waals surface area (Å²) in [6.07, 6.45) is 0. The van der Waals surface area contributed by atoms with Gasteiger partial charge in [-0.15, -0.1) is 0 Å². The van der Waals surface area contributed by atoms with Crippen LogP contribution in [0, 0.1) is 0 Å². The number of thiophene rings is 1. The van der Waals surface area contributed by atoms with Crippen LogP contribution in [-0.2, 0) is 20.3 Å². The number of aromatic nitrogens is 1. The van der Waals surface area contributed by atoms with Gasteiger partial charge >= 0.3 is 116 Å². The third-order valence-electron chi connectivity index (χ3n) is 2.78. The van der Waals surface area contributed by atoms with Gasteiger partial charge in [-0.05, 0) is 0 Å². The molecule has 0 radical (unpaired) electrons. The summed E-state index contributed by atoms with van der Waals surface area (Å²) in [5, 5.41) is 29.8. The van der Waals surface area contributed by atoms with E-state index in [2.05, 4.69) is 0 Å². The molecule has 18 heavy (non-hydrogen) atoms. The first-order valence-electron chi connectivity index (χ1n) is 5.43. The Morgan fingerprint density at radius 1 is 1.22 bits per heavy atom. The maximum atomic E-state index is 9.46. The molecule has 2 rings (SSSR count). The van der Waals surface area contributed by atoms with E-state index in [0.717, 1.165) is 26.3 Å². The van der Waals surface area contributed by atoms with Crippen molar-refractivity contribution >= 4 is 30.9 Å². The van der Waals surface area contributed by atoms with Crippen LogP contribution >= 0.6 is 11.3 Å². The predicted molar refractivity (Wildman–Crippen MR) is 73.0 cm³/mol. The molecule has 0 atom stereocenters. The molecule has 0 unspecified atom stereocenters.